The van der Waals surface area contributed by atoms with E-state index in [1.165, 1.54) is 20.8 Å². The van der Waals surface area contributed by atoms with Crippen molar-refractivity contribution < 1.29 is 143 Å². The molecule has 5 aliphatic heterocycles. The zero-order valence-corrected chi connectivity index (χ0v) is 54.1. The topological polar surface area (TPSA) is 445 Å². The van der Waals surface area contributed by atoms with Crippen molar-refractivity contribution in [2.24, 2.45) is 50.2 Å². The number of hydrogen-bond donors (Lipinski definition) is 14. The number of ether oxygens (including phenoxy) is 12. The lowest BCUT2D eigenvalue weighted by atomic mass is 9.33. The van der Waals surface area contributed by atoms with Gasteiger partial charge in [0, 0.05) is 19.3 Å². The van der Waals surface area contributed by atoms with E-state index < -0.39 is 236 Å². The second-order valence-electron chi connectivity index (χ2n) is 29.9. The molecule has 0 aromatic carbocycles. The molecule has 92 heavy (non-hydrogen) atoms. The number of fused-ring (bicyclic) bond motifs is 7. The van der Waals surface area contributed by atoms with Crippen LogP contribution in [0.15, 0.2) is 11.6 Å². The molecule has 29 heteroatoms. The van der Waals surface area contributed by atoms with E-state index in [0.717, 1.165) is 19.4 Å². The predicted octanol–water partition coefficient (Wildman–Crippen LogP) is -2.43. The molecule has 526 valence electrons. The van der Waals surface area contributed by atoms with Crippen molar-refractivity contribution in [3.63, 3.8) is 0 Å². The average molecular weight is 1320 g/mol. The summed E-state index contributed by atoms with van der Waals surface area (Å²) in [4.78, 5) is 41.2. The molecule has 0 aromatic rings. The number of esters is 3. The van der Waals surface area contributed by atoms with E-state index in [2.05, 4.69) is 40.7 Å². The van der Waals surface area contributed by atoms with Crippen LogP contribution in [0.25, 0.3) is 0 Å². The van der Waals surface area contributed by atoms with Crippen molar-refractivity contribution in [2.75, 3.05) is 19.8 Å². The summed E-state index contributed by atoms with van der Waals surface area (Å²) in [7, 11) is 0. The number of carbonyl (C=O) groups excluding carboxylic acids is 3. The first-order valence-corrected chi connectivity index (χ1v) is 32.4. The first kappa shape index (κ1) is 72.0. The van der Waals surface area contributed by atoms with Crippen molar-refractivity contribution >= 4 is 17.9 Å². The fraction of sp³-hybridized carbons (Fsp3) is 0.921. The van der Waals surface area contributed by atoms with E-state index in [-0.39, 0.29) is 36.5 Å². The number of allylic oxidation sites excluding steroid dienone is 2. The summed E-state index contributed by atoms with van der Waals surface area (Å²) in [5.74, 6) is -3.72. The van der Waals surface area contributed by atoms with E-state index in [0.29, 0.717) is 32.1 Å². The van der Waals surface area contributed by atoms with Crippen molar-refractivity contribution in [3.8, 4) is 0 Å². The molecule has 10 rings (SSSR count). The second-order valence-corrected chi connectivity index (χ2v) is 29.9. The molecule has 9 fully saturated rings. The Morgan fingerprint density at radius 1 is 0.533 bits per heavy atom. The maximum absolute atomic E-state index is 15.8. The lowest BCUT2D eigenvalue weighted by Crippen LogP contribution is -2.70. The normalized spacial score (nSPS) is 53.4. The predicted molar refractivity (Wildman–Crippen MR) is 308 cm³/mol. The monoisotopic (exact) mass is 1320 g/mol. The van der Waals surface area contributed by atoms with Crippen molar-refractivity contribution in [3.05, 3.63) is 11.6 Å². The van der Waals surface area contributed by atoms with E-state index in [1.54, 1.807) is 0 Å². The van der Waals surface area contributed by atoms with Gasteiger partial charge in [-0.2, -0.15) is 0 Å². The highest BCUT2D eigenvalue weighted by atomic mass is 16.8. The first-order valence-electron chi connectivity index (χ1n) is 32.4. The van der Waals surface area contributed by atoms with Gasteiger partial charge in [-0.25, -0.2) is 0 Å². The number of aliphatic hydroxyl groups is 14. The van der Waals surface area contributed by atoms with Gasteiger partial charge in [-0.05, 0) is 112 Å². The largest absolute Gasteiger partial charge is 0.457 e. The Balaban J connectivity index is 0.906. The Bertz CT molecular complexity index is 2670. The van der Waals surface area contributed by atoms with Gasteiger partial charge in [-0.1, -0.05) is 53.2 Å². The summed E-state index contributed by atoms with van der Waals surface area (Å²) >= 11 is 0. The van der Waals surface area contributed by atoms with Gasteiger partial charge in [0.25, 0.3) is 0 Å². The third kappa shape index (κ3) is 12.1. The highest BCUT2D eigenvalue weighted by Gasteiger charge is 2.73. The number of hydrogen-bond acceptors (Lipinski definition) is 29. The summed E-state index contributed by atoms with van der Waals surface area (Å²) < 4.78 is 71.7. The third-order valence-electron chi connectivity index (χ3n) is 23.7. The molecular weight excluding hydrogens is 1220 g/mol. The fourth-order valence-electron chi connectivity index (χ4n) is 18.5. The van der Waals surface area contributed by atoms with E-state index in [9.17, 15) is 81.1 Å². The molecule has 35 atom stereocenters. The molecular formula is C63H100O29. The molecule has 0 amide bonds. The van der Waals surface area contributed by atoms with Gasteiger partial charge >= 0.3 is 17.9 Å². The zero-order valence-electron chi connectivity index (χ0n) is 54.1. The molecule has 0 bridgehead atoms. The van der Waals surface area contributed by atoms with Crippen LogP contribution in [-0.2, 0) is 71.2 Å². The second kappa shape index (κ2) is 26.5. The standard InChI is InChI=1S/C63H100O29/c1-24-37(71)39(73)41(75)53(82-24)89-48-32(69)22-81-52(44(48)78)88-47-26(3)83-55(45(79)49(47)86-28(5)67)90-50-43(77)46(85-27(4)66)25(2)84-56(50)92-57(80)63-17-16-58(6,7)18-30(63)29-12-13-35-59(8)19-31(68)51(91-54-42(76)40(74)38(72)33(21-64)87-54)60(9,23-65)34(59)14-15-61(35,10)62(29,11)20-36(63)70/h12,24-26,30-56,64-65,68-79H,13-23H2,1-11H3/t24-,25+,26-,30?,31-,32+,33+,34?,35+,36+,37-,38+,39+,40-,41+,42+,43-,44+,45+,46-,47-,48-,49-,50+,51-,52-,53-,54-,55-,56-,59-,60-,61+,62+,63+/m0/s1. The number of rotatable bonds is 14. The van der Waals surface area contributed by atoms with Crippen LogP contribution in [0.4, 0.5) is 0 Å². The highest BCUT2D eigenvalue weighted by Crippen LogP contribution is 2.76. The number of aliphatic hydroxyl groups excluding tert-OH is 14. The van der Waals surface area contributed by atoms with Gasteiger partial charge in [0.15, 0.2) is 43.5 Å². The van der Waals surface area contributed by atoms with Crippen LogP contribution in [0.3, 0.4) is 0 Å². The van der Waals surface area contributed by atoms with Gasteiger partial charge in [-0.3, -0.25) is 14.4 Å². The van der Waals surface area contributed by atoms with Crippen LogP contribution in [-0.4, -0.2) is 275 Å². The van der Waals surface area contributed by atoms with Crippen LogP contribution in [0, 0.1) is 50.2 Å². The van der Waals surface area contributed by atoms with E-state index in [4.69, 9.17) is 56.8 Å². The maximum Gasteiger partial charge on any atom is 0.317 e. The molecule has 29 nitrogen and oxygen atoms in total. The molecule has 14 N–H and O–H groups in total. The molecule has 10 aliphatic rings. The molecule has 4 saturated carbocycles. The first-order chi connectivity index (χ1) is 42.9. The highest BCUT2D eigenvalue weighted by molar-refractivity contribution is 5.80. The van der Waals surface area contributed by atoms with Crippen LogP contribution in [0.2, 0.25) is 0 Å². The molecule has 0 spiro atoms. The lowest BCUT2D eigenvalue weighted by molar-refractivity contribution is -0.380. The summed E-state index contributed by atoms with van der Waals surface area (Å²) in [6.45, 7) is 17.2. The summed E-state index contributed by atoms with van der Waals surface area (Å²) in [6.07, 6.45) is -37.6. The van der Waals surface area contributed by atoms with Crippen LogP contribution >= 0.6 is 0 Å². The van der Waals surface area contributed by atoms with Crippen molar-refractivity contribution in [1.29, 1.82) is 0 Å². The summed E-state index contributed by atoms with van der Waals surface area (Å²) in [6, 6.07) is 0. The van der Waals surface area contributed by atoms with Crippen LogP contribution in [0.1, 0.15) is 128 Å². The Kier molecular flexibility index (Phi) is 20.7. The quantitative estimate of drug-likeness (QED) is 0.0372. The van der Waals surface area contributed by atoms with Crippen LogP contribution in [0.5, 0.6) is 0 Å². The third-order valence-corrected chi connectivity index (χ3v) is 23.7. The Morgan fingerprint density at radius 3 is 1.74 bits per heavy atom. The van der Waals surface area contributed by atoms with Gasteiger partial charge in [0.1, 0.15) is 84.8 Å². The molecule has 5 aliphatic carbocycles. The average Bonchev–Trinajstić information content (AvgIpc) is 0.671. The van der Waals surface area contributed by atoms with Gasteiger partial charge in [0.05, 0.1) is 56.4 Å². The van der Waals surface area contributed by atoms with E-state index >= 15 is 4.79 Å². The molecule has 5 heterocycles. The smallest absolute Gasteiger partial charge is 0.317 e. The zero-order chi connectivity index (χ0) is 67.6. The maximum atomic E-state index is 15.8. The SMILES string of the molecule is CC(=O)O[C@@H]1[C@H](O)[C@@H](O[C@@H]2O[C@@H](C)[C@H](O[C@@H]3OC[C@@H](O)[C@H](O[C@@H]4O[C@@H](C)[C@H](O)[C@@H](O)[C@H]4O)[C@H]3O)[C@@H](OC(C)=O)[C@H]2O)[C@H](OC(=O)[C@]23CCC(C)(C)CC2C2=CC[C@@H]4[C@@]5(C)C[C@H](O)[C@H](O[C@@H]6O[C@H](CO)[C@@H](O)[C@H](O)[C@H]6O)[C@@](C)(CO)C5CC[C@@]4(C)[C@]2(C)C[C@H]3O)O[C@@H]1C. The minimum Gasteiger partial charge on any atom is -0.457 e. The van der Waals surface area contributed by atoms with Gasteiger partial charge in [0.2, 0.25) is 6.29 Å². The number of carbonyl (C=O) groups is 3. The molecule has 5 saturated heterocycles. The molecule has 0 aromatic heterocycles. The van der Waals surface area contributed by atoms with Crippen LogP contribution < -0.4 is 0 Å². The Morgan fingerprint density at radius 2 is 1.10 bits per heavy atom. The summed E-state index contributed by atoms with van der Waals surface area (Å²) in [5, 5.41) is 157. The fourth-order valence-corrected chi connectivity index (χ4v) is 18.5. The minimum atomic E-state index is -2.02. The van der Waals surface area contributed by atoms with Crippen molar-refractivity contribution in [1.82, 2.24) is 0 Å². The van der Waals surface area contributed by atoms with Gasteiger partial charge in [-0.15, -0.1) is 0 Å². The Hall–Kier alpha value is -2.77. The Labute approximate surface area is 534 Å². The molecule has 0 radical (unpaired) electrons. The summed E-state index contributed by atoms with van der Waals surface area (Å²) in [5.41, 5.74) is -4.25. The molecule has 2 unspecified atom stereocenters. The van der Waals surface area contributed by atoms with E-state index in [1.807, 2.05) is 6.92 Å². The van der Waals surface area contributed by atoms with Crippen molar-refractivity contribution in [2.45, 2.75) is 293 Å². The van der Waals surface area contributed by atoms with Gasteiger partial charge < -0.3 is 128 Å². The lowest BCUT2D eigenvalue weighted by Gasteiger charge is -2.72. The minimum absolute atomic E-state index is 0.0880.